The first kappa shape index (κ1) is 16.9. The number of anilines is 2. The molecule has 0 aliphatic carbocycles. The summed E-state index contributed by atoms with van der Waals surface area (Å²) in [5, 5.41) is 5.22. The average molecular weight is 354 g/mol. The number of carbonyl (C=O) groups is 1. The second-order valence-electron chi connectivity index (χ2n) is 5.28. The Kier molecular flexibility index (Phi) is 4.90. The zero-order valence-electron chi connectivity index (χ0n) is 13.9. The molecule has 0 fully saturated rings. The van der Waals surface area contributed by atoms with E-state index in [9.17, 15) is 4.79 Å². The maximum absolute atomic E-state index is 12.7. The Morgan fingerprint density at radius 1 is 1.04 bits per heavy atom. The van der Waals surface area contributed by atoms with Crippen LogP contribution in [-0.2, 0) is 0 Å². The van der Waals surface area contributed by atoms with Crippen LogP contribution in [0.4, 0.5) is 10.7 Å². The summed E-state index contributed by atoms with van der Waals surface area (Å²) in [6.45, 7) is 0. The van der Waals surface area contributed by atoms with Crippen LogP contribution in [-0.4, -0.2) is 20.1 Å². The number of hydrogen-bond donors (Lipinski definition) is 2. The molecule has 1 heterocycles. The maximum Gasteiger partial charge on any atom is 0.259 e. The standard InChI is InChI=1S/C19H18N2O3S/c1-23-15-9-8-12(10-16(15)24-2)14-11-25-18(20)17(14)19(22)21-13-6-4-3-5-7-13/h3-11H,20H2,1-2H3,(H,21,22). The number of benzene rings is 2. The average Bonchev–Trinajstić information content (AvgIpc) is 3.03. The predicted octanol–water partition coefficient (Wildman–Crippen LogP) is 4.27. The quantitative estimate of drug-likeness (QED) is 0.718. The van der Waals surface area contributed by atoms with Gasteiger partial charge in [0.05, 0.1) is 24.8 Å². The number of amides is 1. The van der Waals surface area contributed by atoms with Gasteiger partial charge < -0.3 is 20.5 Å². The van der Waals surface area contributed by atoms with Gasteiger partial charge >= 0.3 is 0 Å². The Hall–Kier alpha value is -2.99. The molecule has 1 amide bonds. The molecule has 0 saturated heterocycles. The van der Waals surface area contributed by atoms with Crippen LogP contribution in [0.1, 0.15) is 10.4 Å². The summed E-state index contributed by atoms with van der Waals surface area (Å²) >= 11 is 1.33. The van der Waals surface area contributed by atoms with Crippen molar-refractivity contribution in [1.82, 2.24) is 0 Å². The maximum atomic E-state index is 12.7. The first-order valence-corrected chi connectivity index (χ1v) is 8.47. The molecule has 0 spiro atoms. The number of nitrogens with two attached hydrogens (primary N) is 1. The molecule has 0 saturated carbocycles. The van der Waals surface area contributed by atoms with Crippen LogP contribution in [0.3, 0.4) is 0 Å². The van der Waals surface area contributed by atoms with E-state index in [0.29, 0.717) is 22.1 Å². The minimum absolute atomic E-state index is 0.241. The highest BCUT2D eigenvalue weighted by Crippen LogP contribution is 2.38. The number of ether oxygens (including phenoxy) is 2. The molecule has 0 bridgehead atoms. The van der Waals surface area contributed by atoms with Gasteiger partial charge in [-0.25, -0.2) is 0 Å². The molecule has 1 aromatic heterocycles. The van der Waals surface area contributed by atoms with Crippen LogP contribution >= 0.6 is 11.3 Å². The van der Waals surface area contributed by atoms with E-state index in [0.717, 1.165) is 16.8 Å². The number of thiophene rings is 1. The van der Waals surface area contributed by atoms with E-state index in [1.807, 2.05) is 47.8 Å². The lowest BCUT2D eigenvalue weighted by molar-refractivity contribution is 0.102. The fourth-order valence-corrected chi connectivity index (χ4v) is 3.36. The molecule has 3 aromatic rings. The number of carbonyl (C=O) groups excluding carboxylic acids is 1. The topological polar surface area (TPSA) is 73.6 Å². The molecule has 0 unspecified atom stereocenters. The van der Waals surface area contributed by atoms with Crippen LogP contribution < -0.4 is 20.5 Å². The Labute approximate surface area is 150 Å². The van der Waals surface area contributed by atoms with Crippen LogP contribution in [0.5, 0.6) is 11.5 Å². The van der Waals surface area contributed by atoms with E-state index in [2.05, 4.69) is 5.32 Å². The number of nitrogens with one attached hydrogen (secondary N) is 1. The fraction of sp³-hybridized carbons (Fsp3) is 0.105. The van der Waals surface area contributed by atoms with Gasteiger partial charge in [-0.1, -0.05) is 24.3 Å². The SMILES string of the molecule is COc1ccc(-c2csc(N)c2C(=O)Nc2ccccc2)cc1OC. The molecule has 128 valence electrons. The molecular formula is C19H18N2O3S. The van der Waals surface area contributed by atoms with E-state index in [-0.39, 0.29) is 5.91 Å². The Balaban J connectivity index is 1.98. The minimum Gasteiger partial charge on any atom is -0.493 e. The van der Waals surface area contributed by atoms with Crippen molar-refractivity contribution in [2.75, 3.05) is 25.3 Å². The van der Waals surface area contributed by atoms with Gasteiger partial charge in [0.15, 0.2) is 11.5 Å². The summed E-state index contributed by atoms with van der Waals surface area (Å²) in [6, 6.07) is 14.8. The lowest BCUT2D eigenvalue weighted by Crippen LogP contribution is -2.13. The van der Waals surface area contributed by atoms with Gasteiger partial charge in [-0.05, 0) is 29.8 Å². The van der Waals surface area contributed by atoms with E-state index in [1.54, 1.807) is 20.3 Å². The first-order chi connectivity index (χ1) is 12.1. The smallest absolute Gasteiger partial charge is 0.259 e. The number of methoxy groups -OCH3 is 2. The van der Waals surface area contributed by atoms with Crippen LogP contribution in [0.15, 0.2) is 53.9 Å². The molecule has 3 rings (SSSR count). The molecular weight excluding hydrogens is 336 g/mol. The number of nitrogen functional groups attached to an aromatic ring is 1. The van der Waals surface area contributed by atoms with Crippen molar-refractivity contribution in [2.45, 2.75) is 0 Å². The first-order valence-electron chi connectivity index (χ1n) is 7.59. The monoisotopic (exact) mass is 354 g/mol. The fourth-order valence-electron chi connectivity index (χ4n) is 2.54. The molecule has 5 nitrogen and oxygen atoms in total. The highest BCUT2D eigenvalue weighted by molar-refractivity contribution is 7.15. The van der Waals surface area contributed by atoms with Crippen LogP contribution in [0, 0.1) is 0 Å². The normalized spacial score (nSPS) is 10.3. The van der Waals surface area contributed by atoms with Crippen molar-refractivity contribution in [2.24, 2.45) is 0 Å². The Morgan fingerprint density at radius 2 is 1.76 bits per heavy atom. The van der Waals surface area contributed by atoms with Gasteiger partial charge in [-0.2, -0.15) is 0 Å². The van der Waals surface area contributed by atoms with Gasteiger partial charge in [0.25, 0.3) is 5.91 Å². The van der Waals surface area contributed by atoms with Crippen LogP contribution in [0.2, 0.25) is 0 Å². The summed E-state index contributed by atoms with van der Waals surface area (Å²) in [5.74, 6) is 0.985. The van der Waals surface area contributed by atoms with Crippen molar-refractivity contribution < 1.29 is 14.3 Å². The Bertz CT molecular complexity index is 891. The third kappa shape index (κ3) is 3.44. The highest BCUT2D eigenvalue weighted by Gasteiger charge is 2.20. The van der Waals surface area contributed by atoms with Crippen molar-refractivity contribution in [3.63, 3.8) is 0 Å². The van der Waals surface area contributed by atoms with E-state index < -0.39 is 0 Å². The molecule has 0 aliphatic rings. The minimum atomic E-state index is -0.241. The van der Waals surface area contributed by atoms with E-state index >= 15 is 0 Å². The van der Waals surface area contributed by atoms with Crippen molar-refractivity contribution >= 4 is 27.9 Å². The second kappa shape index (κ2) is 7.27. The summed E-state index contributed by atoms with van der Waals surface area (Å²) in [4.78, 5) is 12.7. The lowest BCUT2D eigenvalue weighted by Gasteiger charge is -2.11. The molecule has 2 aromatic carbocycles. The summed E-state index contributed by atoms with van der Waals surface area (Å²) in [6.07, 6.45) is 0. The van der Waals surface area contributed by atoms with Gasteiger partial charge in [0.2, 0.25) is 0 Å². The van der Waals surface area contributed by atoms with Crippen molar-refractivity contribution in [1.29, 1.82) is 0 Å². The molecule has 0 atom stereocenters. The molecule has 3 N–H and O–H groups in total. The third-order valence-corrected chi connectivity index (χ3v) is 4.58. The van der Waals surface area contributed by atoms with Gasteiger partial charge in [-0.15, -0.1) is 11.3 Å². The summed E-state index contributed by atoms with van der Waals surface area (Å²) in [7, 11) is 3.16. The number of rotatable bonds is 5. The molecule has 0 radical (unpaired) electrons. The Morgan fingerprint density at radius 3 is 2.44 bits per heavy atom. The number of para-hydroxylation sites is 1. The van der Waals surface area contributed by atoms with Crippen molar-refractivity contribution in [3.05, 3.63) is 59.5 Å². The third-order valence-electron chi connectivity index (χ3n) is 3.77. The van der Waals surface area contributed by atoms with E-state index in [4.69, 9.17) is 15.2 Å². The van der Waals surface area contributed by atoms with Gasteiger partial charge in [0, 0.05) is 16.6 Å². The van der Waals surface area contributed by atoms with Crippen molar-refractivity contribution in [3.8, 4) is 22.6 Å². The summed E-state index contributed by atoms with van der Waals surface area (Å²) < 4.78 is 10.6. The molecule has 25 heavy (non-hydrogen) atoms. The largest absolute Gasteiger partial charge is 0.493 e. The zero-order chi connectivity index (χ0) is 17.8. The zero-order valence-corrected chi connectivity index (χ0v) is 14.7. The lowest BCUT2D eigenvalue weighted by atomic mass is 10.0. The second-order valence-corrected chi connectivity index (χ2v) is 6.19. The van der Waals surface area contributed by atoms with E-state index in [1.165, 1.54) is 11.3 Å². The predicted molar refractivity (Wildman–Crippen MR) is 102 cm³/mol. The highest BCUT2D eigenvalue weighted by atomic mass is 32.1. The van der Waals surface area contributed by atoms with Gasteiger partial charge in [-0.3, -0.25) is 4.79 Å². The molecule has 0 aliphatic heterocycles. The summed E-state index contributed by atoms with van der Waals surface area (Å²) in [5.41, 5.74) is 8.84. The van der Waals surface area contributed by atoms with Gasteiger partial charge in [0.1, 0.15) is 0 Å². The number of hydrogen-bond acceptors (Lipinski definition) is 5. The molecule has 6 heteroatoms. The van der Waals surface area contributed by atoms with Crippen LogP contribution in [0.25, 0.3) is 11.1 Å².